The molecule has 1 fully saturated rings. The monoisotopic (exact) mass is 347 g/mol. The lowest BCUT2D eigenvalue weighted by atomic mass is 9.80. The fourth-order valence-corrected chi connectivity index (χ4v) is 3.01. The Labute approximate surface area is 148 Å². The van der Waals surface area contributed by atoms with Gasteiger partial charge in [0.15, 0.2) is 11.5 Å². The van der Waals surface area contributed by atoms with E-state index >= 15 is 0 Å². The second-order valence-corrected chi connectivity index (χ2v) is 6.43. The molecular formula is C19H25NO5. The molecule has 3 rings (SSSR count). The van der Waals surface area contributed by atoms with Crippen molar-refractivity contribution < 1.29 is 23.8 Å². The predicted octanol–water partition coefficient (Wildman–Crippen LogP) is 3.22. The topological polar surface area (TPSA) is 66.0 Å². The molecule has 1 N–H and O–H groups in total. The summed E-state index contributed by atoms with van der Waals surface area (Å²) in [5.74, 6) is 1.19. The molecule has 0 atom stereocenters. The number of esters is 1. The van der Waals surface area contributed by atoms with Crippen molar-refractivity contribution in [2.24, 2.45) is 0 Å². The van der Waals surface area contributed by atoms with E-state index in [1.54, 1.807) is 7.11 Å². The Morgan fingerprint density at radius 2 is 2.08 bits per heavy atom. The Morgan fingerprint density at radius 1 is 1.24 bits per heavy atom. The number of carbonyl (C=O) groups is 1. The summed E-state index contributed by atoms with van der Waals surface area (Å²) in [6.07, 6.45) is 7.40. The Kier molecular flexibility index (Phi) is 5.48. The maximum Gasteiger partial charge on any atom is 0.305 e. The van der Waals surface area contributed by atoms with Gasteiger partial charge in [-0.2, -0.15) is 0 Å². The second-order valence-electron chi connectivity index (χ2n) is 6.43. The van der Waals surface area contributed by atoms with E-state index in [0.29, 0.717) is 24.5 Å². The Hall–Kier alpha value is -2.21. The van der Waals surface area contributed by atoms with E-state index in [2.05, 4.69) is 16.3 Å². The van der Waals surface area contributed by atoms with Crippen molar-refractivity contribution in [2.45, 2.75) is 44.1 Å². The number of ether oxygens (including phenoxy) is 3. The number of hydroxylamine groups is 1. The lowest BCUT2D eigenvalue weighted by Crippen LogP contribution is -2.36. The Balaban J connectivity index is 1.60. The second kappa shape index (κ2) is 7.78. The van der Waals surface area contributed by atoms with E-state index < -0.39 is 0 Å². The van der Waals surface area contributed by atoms with Crippen LogP contribution in [0.2, 0.25) is 0 Å². The molecule has 2 aliphatic rings. The number of nitrogens with one attached hydrogen (secondary N) is 1. The highest BCUT2D eigenvalue weighted by Gasteiger charge is 2.41. The summed E-state index contributed by atoms with van der Waals surface area (Å²) >= 11 is 0. The summed E-state index contributed by atoms with van der Waals surface area (Å²) in [7, 11) is 3.02. The van der Waals surface area contributed by atoms with E-state index in [0.717, 1.165) is 36.9 Å². The molecule has 25 heavy (non-hydrogen) atoms. The van der Waals surface area contributed by atoms with Gasteiger partial charge in [-0.1, -0.05) is 0 Å². The number of benzene rings is 1. The molecule has 1 aliphatic heterocycles. The summed E-state index contributed by atoms with van der Waals surface area (Å²) in [5, 5.41) is 0. The molecule has 1 heterocycles. The van der Waals surface area contributed by atoms with Gasteiger partial charge >= 0.3 is 5.97 Å². The molecule has 136 valence electrons. The largest absolute Gasteiger partial charge is 0.493 e. The third kappa shape index (κ3) is 4.07. The van der Waals surface area contributed by atoms with Crippen LogP contribution in [0.4, 0.5) is 0 Å². The van der Waals surface area contributed by atoms with E-state index in [4.69, 9.17) is 14.3 Å². The quantitative estimate of drug-likeness (QED) is 0.575. The number of rotatable bonds is 8. The molecule has 0 unspecified atom stereocenters. The fourth-order valence-electron chi connectivity index (χ4n) is 3.01. The van der Waals surface area contributed by atoms with Crippen LogP contribution in [0.25, 0.3) is 5.70 Å². The third-order valence-corrected chi connectivity index (χ3v) is 4.71. The van der Waals surface area contributed by atoms with Crippen molar-refractivity contribution in [2.75, 3.05) is 20.8 Å². The highest BCUT2D eigenvalue weighted by atomic mass is 16.7. The first kappa shape index (κ1) is 17.6. The van der Waals surface area contributed by atoms with Crippen LogP contribution in [-0.4, -0.2) is 32.4 Å². The van der Waals surface area contributed by atoms with Crippen molar-refractivity contribution in [3.63, 3.8) is 0 Å². The van der Waals surface area contributed by atoms with Gasteiger partial charge < -0.3 is 14.2 Å². The summed E-state index contributed by atoms with van der Waals surface area (Å²) in [5.41, 5.74) is 4.90. The number of unbranched alkanes of at least 4 members (excludes halogenated alkanes) is 1. The van der Waals surface area contributed by atoms with Crippen molar-refractivity contribution in [1.29, 1.82) is 0 Å². The van der Waals surface area contributed by atoms with Gasteiger partial charge in [-0.15, -0.1) is 0 Å². The SMILES string of the molecule is COC(=O)CCCCOc1cc(C2=CC3(CCC3)ON2)ccc1OC. The molecule has 0 amide bonds. The maximum absolute atomic E-state index is 11.1. The lowest BCUT2D eigenvalue weighted by Gasteiger charge is -2.33. The highest BCUT2D eigenvalue weighted by molar-refractivity contribution is 5.69. The molecular weight excluding hydrogens is 322 g/mol. The smallest absolute Gasteiger partial charge is 0.305 e. The van der Waals surface area contributed by atoms with Crippen LogP contribution in [0.1, 0.15) is 44.1 Å². The first-order chi connectivity index (χ1) is 12.2. The van der Waals surface area contributed by atoms with Crippen LogP contribution in [0, 0.1) is 0 Å². The molecule has 0 radical (unpaired) electrons. The highest BCUT2D eigenvalue weighted by Crippen LogP contribution is 2.42. The number of carbonyl (C=O) groups excluding carboxylic acids is 1. The molecule has 0 saturated heterocycles. The van der Waals surface area contributed by atoms with Crippen molar-refractivity contribution in [3.05, 3.63) is 29.8 Å². The minimum Gasteiger partial charge on any atom is -0.493 e. The van der Waals surface area contributed by atoms with Crippen molar-refractivity contribution in [3.8, 4) is 11.5 Å². The first-order valence-corrected chi connectivity index (χ1v) is 8.71. The van der Waals surface area contributed by atoms with Crippen LogP contribution >= 0.6 is 0 Å². The molecule has 1 saturated carbocycles. The van der Waals surface area contributed by atoms with Gasteiger partial charge in [-0.3, -0.25) is 15.1 Å². The molecule has 1 aromatic rings. The van der Waals surface area contributed by atoms with Gasteiger partial charge in [0.25, 0.3) is 0 Å². The van der Waals surface area contributed by atoms with Crippen molar-refractivity contribution >= 4 is 11.7 Å². The van der Waals surface area contributed by atoms with Crippen LogP contribution in [0.15, 0.2) is 24.3 Å². The average molecular weight is 347 g/mol. The Bertz CT molecular complexity index is 651. The summed E-state index contributed by atoms with van der Waals surface area (Å²) in [6, 6.07) is 5.84. The molecule has 6 nitrogen and oxygen atoms in total. The van der Waals surface area contributed by atoms with E-state index in [9.17, 15) is 4.79 Å². The number of hydrogen-bond donors (Lipinski definition) is 1. The van der Waals surface area contributed by atoms with Crippen LogP contribution in [0.5, 0.6) is 11.5 Å². The minimum atomic E-state index is -0.191. The molecule has 1 spiro atoms. The summed E-state index contributed by atoms with van der Waals surface area (Å²) < 4.78 is 15.9. The van der Waals surface area contributed by atoms with Gasteiger partial charge in [0.1, 0.15) is 5.60 Å². The summed E-state index contributed by atoms with van der Waals surface area (Å²) in [6.45, 7) is 0.518. The van der Waals surface area contributed by atoms with Gasteiger partial charge in [-0.25, -0.2) is 0 Å². The lowest BCUT2D eigenvalue weighted by molar-refractivity contribution is -0.140. The zero-order valence-electron chi connectivity index (χ0n) is 14.8. The molecule has 1 aromatic carbocycles. The number of methoxy groups -OCH3 is 2. The van der Waals surface area contributed by atoms with Gasteiger partial charge in [0, 0.05) is 12.0 Å². The van der Waals surface area contributed by atoms with E-state index in [1.165, 1.54) is 13.5 Å². The molecule has 1 aliphatic carbocycles. The molecule has 0 bridgehead atoms. The molecule has 0 aromatic heterocycles. The van der Waals surface area contributed by atoms with E-state index in [-0.39, 0.29) is 11.6 Å². The standard InChI is InChI=1S/C19H25NO5/c1-22-16-8-7-14(15-13-19(25-20-15)9-5-10-19)12-17(16)24-11-4-3-6-18(21)23-2/h7-8,12-13,20H,3-6,9-11H2,1-2H3. The van der Waals surface area contributed by atoms with Gasteiger partial charge in [0.05, 0.1) is 26.5 Å². The van der Waals surface area contributed by atoms with E-state index in [1.807, 2.05) is 18.2 Å². The fraction of sp³-hybridized carbons (Fsp3) is 0.526. The normalized spacial score (nSPS) is 17.4. The van der Waals surface area contributed by atoms with Crippen LogP contribution in [0.3, 0.4) is 0 Å². The average Bonchev–Trinajstić information content (AvgIpc) is 3.07. The zero-order chi connectivity index (χ0) is 17.7. The predicted molar refractivity (Wildman–Crippen MR) is 93.1 cm³/mol. The van der Waals surface area contributed by atoms with Crippen LogP contribution in [-0.2, 0) is 14.4 Å². The molecule has 6 heteroatoms. The van der Waals surface area contributed by atoms with Gasteiger partial charge in [-0.05, 0) is 56.4 Å². The summed E-state index contributed by atoms with van der Waals surface area (Å²) in [4.78, 5) is 16.8. The maximum atomic E-state index is 11.1. The van der Waals surface area contributed by atoms with Gasteiger partial charge in [0.2, 0.25) is 0 Å². The Morgan fingerprint density at radius 3 is 2.72 bits per heavy atom. The minimum absolute atomic E-state index is 0.121. The number of hydrogen-bond acceptors (Lipinski definition) is 6. The first-order valence-electron chi connectivity index (χ1n) is 8.71. The van der Waals surface area contributed by atoms with Crippen LogP contribution < -0.4 is 15.0 Å². The zero-order valence-corrected chi connectivity index (χ0v) is 14.8. The third-order valence-electron chi connectivity index (χ3n) is 4.71. The van der Waals surface area contributed by atoms with Crippen molar-refractivity contribution in [1.82, 2.24) is 5.48 Å².